The fourth-order valence-corrected chi connectivity index (χ4v) is 5.57. The number of piperazine rings is 1. The van der Waals surface area contributed by atoms with Crippen molar-refractivity contribution in [2.45, 2.75) is 50.1 Å². The number of fused-ring (bicyclic) bond motifs is 1. The van der Waals surface area contributed by atoms with Crippen LogP contribution in [0, 0.1) is 0 Å². The van der Waals surface area contributed by atoms with Crippen molar-refractivity contribution in [1.82, 2.24) is 9.21 Å². The fraction of sp³-hybridized carbons (Fsp3) is 0.647. The van der Waals surface area contributed by atoms with Gasteiger partial charge in [0.2, 0.25) is 10.0 Å². The highest BCUT2D eigenvalue weighted by Gasteiger charge is 2.36. The minimum Gasteiger partial charge on any atom is -0.395 e. The zero-order chi connectivity index (χ0) is 16.6. The molecular formula is C17H26N2O3S. The maximum Gasteiger partial charge on any atom is 0.243 e. The molecule has 2 aliphatic rings. The first-order chi connectivity index (χ1) is 10.9. The van der Waals surface area contributed by atoms with Crippen molar-refractivity contribution in [2.75, 3.05) is 26.2 Å². The van der Waals surface area contributed by atoms with Crippen molar-refractivity contribution in [3.05, 3.63) is 29.3 Å². The van der Waals surface area contributed by atoms with E-state index in [1.54, 1.807) is 10.4 Å². The van der Waals surface area contributed by atoms with Gasteiger partial charge in [-0.1, -0.05) is 6.07 Å². The SMILES string of the molecule is C[C@@H]1CN(S(=O)(=O)c2ccc3c(c2)CCC3)C[C@H](C)N1CCO. The van der Waals surface area contributed by atoms with Gasteiger partial charge in [-0.3, -0.25) is 4.90 Å². The third-order valence-electron chi connectivity index (χ3n) is 5.13. The minimum atomic E-state index is -3.44. The minimum absolute atomic E-state index is 0.103. The number of aliphatic hydroxyl groups excluding tert-OH is 1. The predicted molar refractivity (Wildman–Crippen MR) is 89.9 cm³/mol. The summed E-state index contributed by atoms with van der Waals surface area (Å²) in [5.74, 6) is 0. The van der Waals surface area contributed by atoms with E-state index in [9.17, 15) is 13.5 Å². The number of aryl methyl sites for hydroxylation is 2. The molecule has 3 rings (SSSR count). The van der Waals surface area contributed by atoms with Gasteiger partial charge in [-0.15, -0.1) is 0 Å². The molecule has 1 N–H and O–H groups in total. The summed E-state index contributed by atoms with van der Waals surface area (Å²) in [4.78, 5) is 2.60. The molecule has 128 valence electrons. The molecule has 0 aromatic heterocycles. The summed E-state index contributed by atoms with van der Waals surface area (Å²) in [6.45, 7) is 5.70. The van der Waals surface area contributed by atoms with E-state index in [0.717, 1.165) is 19.3 Å². The Morgan fingerprint density at radius 3 is 2.43 bits per heavy atom. The lowest BCUT2D eigenvalue weighted by Gasteiger charge is -2.43. The first kappa shape index (κ1) is 16.9. The summed E-state index contributed by atoms with van der Waals surface area (Å²) in [6.07, 6.45) is 3.16. The van der Waals surface area contributed by atoms with Gasteiger partial charge < -0.3 is 5.11 Å². The van der Waals surface area contributed by atoms with E-state index in [-0.39, 0.29) is 18.7 Å². The Labute approximate surface area is 139 Å². The van der Waals surface area contributed by atoms with Gasteiger partial charge in [0.25, 0.3) is 0 Å². The molecule has 1 aromatic carbocycles. The number of hydrogen-bond donors (Lipinski definition) is 1. The van der Waals surface area contributed by atoms with E-state index in [1.807, 2.05) is 26.0 Å². The van der Waals surface area contributed by atoms with E-state index in [1.165, 1.54) is 11.1 Å². The van der Waals surface area contributed by atoms with Gasteiger partial charge in [0, 0.05) is 31.7 Å². The van der Waals surface area contributed by atoms with E-state index in [2.05, 4.69) is 4.90 Å². The summed E-state index contributed by atoms with van der Waals surface area (Å²) in [7, 11) is -3.44. The van der Waals surface area contributed by atoms with Crippen molar-refractivity contribution >= 4 is 10.0 Å². The highest BCUT2D eigenvalue weighted by Crippen LogP contribution is 2.28. The lowest BCUT2D eigenvalue weighted by atomic mass is 10.1. The molecule has 1 aromatic rings. The first-order valence-electron chi connectivity index (χ1n) is 8.42. The van der Waals surface area contributed by atoms with Crippen LogP contribution in [0.1, 0.15) is 31.4 Å². The largest absolute Gasteiger partial charge is 0.395 e. The molecule has 6 heteroatoms. The zero-order valence-electron chi connectivity index (χ0n) is 13.9. The highest BCUT2D eigenvalue weighted by atomic mass is 32.2. The topological polar surface area (TPSA) is 60.9 Å². The predicted octanol–water partition coefficient (Wildman–Crippen LogP) is 1.25. The van der Waals surface area contributed by atoms with Crippen LogP contribution in [0.5, 0.6) is 0 Å². The summed E-state index contributed by atoms with van der Waals surface area (Å²) in [5.41, 5.74) is 2.48. The van der Waals surface area contributed by atoms with E-state index >= 15 is 0 Å². The van der Waals surface area contributed by atoms with Gasteiger partial charge in [0.05, 0.1) is 11.5 Å². The van der Waals surface area contributed by atoms with Crippen molar-refractivity contribution in [3.63, 3.8) is 0 Å². The van der Waals surface area contributed by atoms with E-state index < -0.39 is 10.0 Å². The Kier molecular flexibility index (Phi) is 4.78. The molecule has 2 atom stereocenters. The molecule has 0 bridgehead atoms. The average molecular weight is 338 g/mol. The molecule has 0 saturated carbocycles. The lowest BCUT2D eigenvalue weighted by Crippen LogP contribution is -2.58. The van der Waals surface area contributed by atoms with Crippen LogP contribution in [0.25, 0.3) is 0 Å². The van der Waals surface area contributed by atoms with Gasteiger partial charge in [0.15, 0.2) is 0 Å². The number of rotatable bonds is 4. The summed E-state index contributed by atoms with van der Waals surface area (Å²) < 4.78 is 27.6. The van der Waals surface area contributed by atoms with Gasteiger partial charge in [-0.25, -0.2) is 8.42 Å². The summed E-state index contributed by atoms with van der Waals surface area (Å²) in [5, 5.41) is 9.17. The van der Waals surface area contributed by atoms with Crippen molar-refractivity contribution < 1.29 is 13.5 Å². The van der Waals surface area contributed by atoms with Crippen LogP contribution < -0.4 is 0 Å². The second-order valence-electron chi connectivity index (χ2n) is 6.77. The number of β-amino-alcohol motifs (C(OH)–C–C–N with tert-alkyl or cyclic N) is 1. The van der Waals surface area contributed by atoms with Crippen LogP contribution in [-0.2, 0) is 22.9 Å². The molecule has 1 aliphatic carbocycles. The number of nitrogens with zero attached hydrogens (tertiary/aromatic N) is 2. The summed E-state index contributed by atoms with van der Waals surface area (Å²) >= 11 is 0. The van der Waals surface area contributed by atoms with Crippen LogP contribution in [0.2, 0.25) is 0 Å². The smallest absolute Gasteiger partial charge is 0.243 e. The van der Waals surface area contributed by atoms with Crippen LogP contribution in [0.3, 0.4) is 0 Å². The molecule has 23 heavy (non-hydrogen) atoms. The lowest BCUT2D eigenvalue weighted by molar-refractivity contribution is 0.0597. The molecule has 1 fully saturated rings. The van der Waals surface area contributed by atoms with E-state index in [4.69, 9.17) is 0 Å². The molecule has 1 aliphatic heterocycles. The van der Waals surface area contributed by atoms with Crippen molar-refractivity contribution in [1.29, 1.82) is 0 Å². The molecule has 0 radical (unpaired) electrons. The third-order valence-corrected chi connectivity index (χ3v) is 6.96. The van der Waals surface area contributed by atoms with Gasteiger partial charge >= 0.3 is 0 Å². The quantitative estimate of drug-likeness (QED) is 0.898. The second kappa shape index (κ2) is 6.51. The average Bonchev–Trinajstić information content (AvgIpc) is 2.98. The Morgan fingerprint density at radius 1 is 1.13 bits per heavy atom. The Balaban J connectivity index is 1.83. The summed E-state index contributed by atoms with van der Waals surface area (Å²) in [6, 6.07) is 5.82. The van der Waals surface area contributed by atoms with Crippen molar-refractivity contribution in [2.24, 2.45) is 0 Å². The maximum absolute atomic E-state index is 13.0. The van der Waals surface area contributed by atoms with Crippen LogP contribution in [-0.4, -0.2) is 61.1 Å². The number of aliphatic hydroxyl groups is 1. The Hall–Kier alpha value is -0.950. The standard InChI is InChI=1S/C17H26N2O3S/c1-13-11-18(12-14(2)19(13)8-9-20)23(21,22)17-7-6-15-4-3-5-16(15)10-17/h6-7,10,13-14,20H,3-5,8-9,11-12H2,1-2H3/t13-,14+. The highest BCUT2D eigenvalue weighted by molar-refractivity contribution is 7.89. The fourth-order valence-electron chi connectivity index (χ4n) is 3.92. The number of hydrogen-bond acceptors (Lipinski definition) is 4. The molecule has 0 amide bonds. The second-order valence-corrected chi connectivity index (χ2v) is 8.70. The Bertz CT molecular complexity index is 662. The first-order valence-corrected chi connectivity index (χ1v) is 9.86. The van der Waals surface area contributed by atoms with Gasteiger partial charge in [0.1, 0.15) is 0 Å². The molecule has 1 saturated heterocycles. The van der Waals surface area contributed by atoms with Crippen LogP contribution in [0.4, 0.5) is 0 Å². The molecule has 5 nitrogen and oxygen atoms in total. The van der Waals surface area contributed by atoms with Crippen LogP contribution >= 0.6 is 0 Å². The molecule has 0 spiro atoms. The third kappa shape index (κ3) is 3.18. The number of sulfonamides is 1. The molecular weight excluding hydrogens is 312 g/mol. The normalized spacial score (nSPS) is 26.4. The van der Waals surface area contributed by atoms with E-state index in [0.29, 0.717) is 24.5 Å². The van der Waals surface area contributed by atoms with Crippen molar-refractivity contribution in [3.8, 4) is 0 Å². The monoisotopic (exact) mass is 338 g/mol. The zero-order valence-corrected chi connectivity index (χ0v) is 14.7. The molecule has 1 heterocycles. The Morgan fingerprint density at radius 2 is 1.78 bits per heavy atom. The van der Waals surface area contributed by atoms with Crippen LogP contribution in [0.15, 0.2) is 23.1 Å². The molecule has 0 unspecified atom stereocenters. The maximum atomic E-state index is 13.0. The van der Waals surface area contributed by atoms with Gasteiger partial charge in [-0.05, 0) is 56.4 Å². The number of benzene rings is 1. The van der Waals surface area contributed by atoms with Gasteiger partial charge in [-0.2, -0.15) is 4.31 Å².